The van der Waals surface area contributed by atoms with Crippen molar-refractivity contribution in [3.05, 3.63) is 89.6 Å². The second kappa shape index (κ2) is 7.42. The molecule has 162 valence electrons. The van der Waals surface area contributed by atoms with Crippen molar-refractivity contribution < 1.29 is 27.4 Å². The van der Waals surface area contributed by atoms with Crippen LogP contribution in [0.4, 0.5) is 0 Å². The maximum Gasteiger partial charge on any atom is 0.343 e. The molecule has 4 aromatic rings. The van der Waals surface area contributed by atoms with Crippen LogP contribution in [0.25, 0.3) is 10.9 Å². The van der Waals surface area contributed by atoms with Crippen molar-refractivity contribution in [2.75, 3.05) is 14.2 Å². The van der Waals surface area contributed by atoms with Crippen molar-refractivity contribution in [1.29, 1.82) is 0 Å². The van der Waals surface area contributed by atoms with E-state index in [4.69, 9.17) is 14.2 Å². The van der Waals surface area contributed by atoms with Gasteiger partial charge in [0.25, 0.3) is 10.0 Å². The molecule has 1 atom stereocenters. The third-order valence-electron chi connectivity index (χ3n) is 5.53. The van der Waals surface area contributed by atoms with Gasteiger partial charge in [-0.2, -0.15) is 0 Å². The van der Waals surface area contributed by atoms with Gasteiger partial charge >= 0.3 is 5.97 Å². The molecule has 2 heterocycles. The first-order valence-corrected chi connectivity index (χ1v) is 11.3. The fourth-order valence-corrected chi connectivity index (χ4v) is 5.63. The smallest absolute Gasteiger partial charge is 0.343 e. The Morgan fingerprint density at radius 3 is 2.41 bits per heavy atom. The van der Waals surface area contributed by atoms with Crippen LogP contribution in [0.2, 0.25) is 0 Å². The zero-order chi connectivity index (χ0) is 22.5. The third-order valence-corrected chi connectivity index (χ3v) is 7.29. The molecule has 0 saturated carbocycles. The van der Waals surface area contributed by atoms with Crippen molar-refractivity contribution in [3.63, 3.8) is 0 Å². The number of rotatable bonds is 5. The number of methoxy groups -OCH3 is 2. The number of nitrogens with zero attached hydrogens (tertiary/aromatic N) is 1. The van der Waals surface area contributed by atoms with Crippen LogP contribution in [0.3, 0.4) is 0 Å². The molecule has 1 aliphatic rings. The maximum absolute atomic E-state index is 13.7. The van der Waals surface area contributed by atoms with Crippen molar-refractivity contribution in [1.82, 2.24) is 3.97 Å². The van der Waals surface area contributed by atoms with E-state index in [2.05, 4.69) is 0 Å². The summed E-state index contributed by atoms with van der Waals surface area (Å²) >= 11 is 0. The molecule has 1 aliphatic heterocycles. The normalized spacial score (nSPS) is 15.4. The number of fused-ring (bicyclic) bond motifs is 2. The van der Waals surface area contributed by atoms with E-state index in [0.717, 1.165) is 0 Å². The fourth-order valence-electron chi connectivity index (χ4n) is 4.07. The molecule has 3 aromatic carbocycles. The molecular formula is C24H19NO6S. The molecule has 32 heavy (non-hydrogen) atoms. The molecule has 0 saturated heterocycles. The van der Waals surface area contributed by atoms with Gasteiger partial charge in [-0.05, 0) is 42.5 Å². The standard InChI is InChI=1S/C24H19NO6S/c1-29-16-11-12-19-15(13-16)14-20(25(19)32(27,28)17-7-4-3-5-8-17)23-18-9-6-10-21(30-2)22(18)24(26)31-23/h3-14,23H,1-2H3. The van der Waals surface area contributed by atoms with Gasteiger partial charge in [0.1, 0.15) is 17.1 Å². The van der Waals surface area contributed by atoms with Gasteiger partial charge in [0, 0.05) is 10.9 Å². The van der Waals surface area contributed by atoms with E-state index in [1.54, 1.807) is 67.8 Å². The van der Waals surface area contributed by atoms with Gasteiger partial charge in [0.05, 0.1) is 30.3 Å². The highest BCUT2D eigenvalue weighted by Crippen LogP contribution is 2.43. The molecular weight excluding hydrogens is 430 g/mol. The summed E-state index contributed by atoms with van der Waals surface area (Å²) in [6, 6.07) is 20.1. The van der Waals surface area contributed by atoms with Crippen LogP contribution >= 0.6 is 0 Å². The van der Waals surface area contributed by atoms with Crippen LogP contribution in [0.15, 0.2) is 77.7 Å². The molecule has 0 bridgehead atoms. The zero-order valence-corrected chi connectivity index (χ0v) is 18.1. The van der Waals surface area contributed by atoms with Crippen LogP contribution in [0, 0.1) is 0 Å². The average molecular weight is 449 g/mol. The summed E-state index contributed by atoms with van der Waals surface area (Å²) in [6.45, 7) is 0. The first kappa shape index (κ1) is 20.1. The quantitative estimate of drug-likeness (QED) is 0.426. The predicted octanol–water partition coefficient (Wildman–Crippen LogP) is 4.16. The summed E-state index contributed by atoms with van der Waals surface area (Å²) in [4.78, 5) is 12.8. The van der Waals surface area contributed by atoms with Crippen LogP contribution in [-0.2, 0) is 14.8 Å². The van der Waals surface area contributed by atoms with Crippen LogP contribution in [0.5, 0.6) is 11.5 Å². The van der Waals surface area contributed by atoms with E-state index < -0.39 is 22.1 Å². The number of carbonyl (C=O) groups is 1. The topological polar surface area (TPSA) is 83.8 Å². The highest BCUT2D eigenvalue weighted by atomic mass is 32.2. The third kappa shape index (κ3) is 2.95. The summed E-state index contributed by atoms with van der Waals surface area (Å²) in [5.41, 5.74) is 1.62. The van der Waals surface area contributed by atoms with Crippen molar-refractivity contribution in [2.24, 2.45) is 0 Å². The first-order chi connectivity index (χ1) is 15.5. The molecule has 0 spiro atoms. The van der Waals surface area contributed by atoms with E-state index in [1.807, 2.05) is 0 Å². The Hall–Kier alpha value is -3.78. The molecule has 0 fully saturated rings. The number of hydrogen-bond acceptors (Lipinski definition) is 6. The largest absolute Gasteiger partial charge is 0.497 e. The second-order valence-corrected chi connectivity index (χ2v) is 9.07. The molecule has 0 radical (unpaired) electrons. The Balaban J connectivity index is 1.80. The number of benzene rings is 3. The Morgan fingerprint density at radius 1 is 0.906 bits per heavy atom. The number of hydrogen-bond donors (Lipinski definition) is 0. The highest BCUT2D eigenvalue weighted by molar-refractivity contribution is 7.90. The van der Waals surface area contributed by atoms with Gasteiger partial charge in [-0.3, -0.25) is 0 Å². The molecule has 7 nitrogen and oxygen atoms in total. The highest BCUT2D eigenvalue weighted by Gasteiger charge is 2.39. The summed E-state index contributed by atoms with van der Waals surface area (Å²) in [5, 5.41) is 0.645. The van der Waals surface area contributed by atoms with E-state index in [-0.39, 0.29) is 4.90 Å². The number of aromatic nitrogens is 1. The minimum atomic E-state index is -3.99. The molecule has 1 unspecified atom stereocenters. The SMILES string of the molecule is COc1ccc2c(c1)cc(C1OC(=O)c3c(OC)cccc31)n2S(=O)(=O)c1ccccc1. The molecule has 5 rings (SSSR count). The number of carbonyl (C=O) groups excluding carboxylic acids is 1. The van der Waals surface area contributed by atoms with Gasteiger partial charge in [0.2, 0.25) is 0 Å². The van der Waals surface area contributed by atoms with E-state index in [1.165, 1.54) is 23.2 Å². The molecule has 0 N–H and O–H groups in total. The first-order valence-electron chi connectivity index (χ1n) is 9.83. The number of ether oxygens (including phenoxy) is 3. The minimum absolute atomic E-state index is 0.129. The van der Waals surface area contributed by atoms with Crippen LogP contribution in [0.1, 0.15) is 27.7 Å². The van der Waals surface area contributed by atoms with E-state index >= 15 is 0 Å². The van der Waals surface area contributed by atoms with Crippen molar-refractivity contribution >= 4 is 26.9 Å². The van der Waals surface area contributed by atoms with Gasteiger partial charge in [-0.15, -0.1) is 0 Å². The average Bonchev–Trinajstić information content (AvgIpc) is 3.37. The Morgan fingerprint density at radius 2 is 1.69 bits per heavy atom. The van der Waals surface area contributed by atoms with Crippen molar-refractivity contribution in [3.8, 4) is 11.5 Å². The molecule has 1 aromatic heterocycles. The van der Waals surface area contributed by atoms with E-state index in [0.29, 0.717) is 39.2 Å². The van der Waals surface area contributed by atoms with Crippen LogP contribution < -0.4 is 9.47 Å². The van der Waals surface area contributed by atoms with Crippen molar-refractivity contribution in [2.45, 2.75) is 11.0 Å². The number of cyclic esters (lactones) is 1. The van der Waals surface area contributed by atoms with Gasteiger partial charge < -0.3 is 14.2 Å². The monoisotopic (exact) mass is 449 g/mol. The fraction of sp³-hybridized carbons (Fsp3) is 0.125. The Bertz CT molecular complexity index is 1460. The maximum atomic E-state index is 13.7. The van der Waals surface area contributed by atoms with Gasteiger partial charge in [-0.25, -0.2) is 17.2 Å². The minimum Gasteiger partial charge on any atom is -0.497 e. The molecule has 0 amide bonds. The molecule has 8 heteroatoms. The lowest BCUT2D eigenvalue weighted by Gasteiger charge is -2.16. The lowest BCUT2D eigenvalue weighted by atomic mass is 10.0. The lowest BCUT2D eigenvalue weighted by molar-refractivity contribution is 0.0447. The second-order valence-electron chi connectivity index (χ2n) is 7.29. The van der Waals surface area contributed by atoms with Gasteiger partial charge in [-0.1, -0.05) is 30.3 Å². The predicted molar refractivity (Wildman–Crippen MR) is 118 cm³/mol. The van der Waals surface area contributed by atoms with Crippen LogP contribution in [-0.4, -0.2) is 32.6 Å². The lowest BCUT2D eigenvalue weighted by Crippen LogP contribution is -2.18. The molecule has 0 aliphatic carbocycles. The Kier molecular flexibility index (Phi) is 4.67. The summed E-state index contributed by atoms with van der Waals surface area (Å²) in [5.74, 6) is 0.406. The van der Waals surface area contributed by atoms with Gasteiger partial charge in [0.15, 0.2) is 6.10 Å². The Labute approximate surface area is 184 Å². The summed E-state index contributed by atoms with van der Waals surface area (Å²) < 4.78 is 45.0. The van der Waals surface area contributed by atoms with E-state index in [9.17, 15) is 13.2 Å². The number of esters is 1. The summed E-state index contributed by atoms with van der Waals surface area (Å²) in [7, 11) is -0.978. The zero-order valence-electron chi connectivity index (χ0n) is 17.3. The summed E-state index contributed by atoms with van der Waals surface area (Å²) in [6.07, 6.45) is -0.913.